The van der Waals surface area contributed by atoms with Gasteiger partial charge in [0.15, 0.2) is 0 Å². The minimum Gasteiger partial charge on any atom is -0.135 e. The Hall–Kier alpha value is -3.46. The standard InChI is InChI=1S/C30H18S2/c1-3-7-27-21(5-1)17-29(31-27)23-11-9-19-14-26-16-24(12-10-20(26)13-25(19)15-23)30-18-22-6-2-4-8-28(22)32-30/h1-18H. The minimum atomic E-state index is 1.29. The summed E-state index contributed by atoms with van der Waals surface area (Å²) in [4.78, 5) is 2.65. The highest BCUT2D eigenvalue weighted by atomic mass is 32.1. The van der Waals surface area contributed by atoms with E-state index in [4.69, 9.17) is 0 Å². The molecule has 7 aromatic rings. The molecule has 2 heteroatoms. The van der Waals surface area contributed by atoms with E-state index in [0.29, 0.717) is 0 Å². The lowest BCUT2D eigenvalue weighted by Gasteiger charge is -2.06. The van der Waals surface area contributed by atoms with Crippen molar-refractivity contribution < 1.29 is 0 Å². The Balaban J connectivity index is 1.33. The third-order valence-electron chi connectivity index (χ3n) is 6.22. The lowest BCUT2D eigenvalue weighted by atomic mass is 9.99. The Labute approximate surface area is 194 Å². The van der Waals surface area contributed by atoms with Crippen LogP contribution in [0.5, 0.6) is 0 Å². The summed E-state index contributed by atoms with van der Waals surface area (Å²) in [6.07, 6.45) is 0. The van der Waals surface area contributed by atoms with Crippen molar-refractivity contribution in [3.05, 3.63) is 109 Å². The van der Waals surface area contributed by atoms with Crippen LogP contribution in [0.15, 0.2) is 109 Å². The zero-order valence-corrected chi connectivity index (χ0v) is 18.8. The zero-order chi connectivity index (χ0) is 21.1. The third-order valence-corrected chi connectivity index (χ3v) is 8.55. The molecule has 0 atom stereocenters. The van der Waals surface area contributed by atoms with Gasteiger partial charge in [-0.25, -0.2) is 0 Å². The van der Waals surface area contributed by atoms with Gasteiger partial charge in [-0.15, -0.1) is 22.7 Å². The maximum absolute atomic E-state index is 2.33. The van der Waals surface area contributed by atoms with Crippen LogP contribution in [0, 0.1) is 0 Å². The second-order valence-corrected chi connectivity index (χ2v) is 10.4. The van der Waals surface area contributed by atoms with Crippen LogP contribution in [0.2, 0.25) is 0 Å². The molecule has 0 spiro atoms. The number of fused-ring (bicyclic) bond motifs is 4. The van der Waals surface area contributed by atoms with Gasteiger partial charge in [0.2, 0.25) is 0 Å². The van der Waals surface area contributed by atoms with Crippen molar-refractivity contribution >= 4 is 64.4 Å². The third kappa shape index (κ3) is 2.96. The summed E-state index contributed by atoms with van der Waals surface area (Å²) in [5.74, 6) is 0. The Morgan fingerprint density at radius 1 is 0.344 bits per heavy atom. The lowest BCUT2D eigenvalue weighted by molar-refractivity contribution is 1.74. The van der Waals surface area contributed by atoms with Gasteiger partial charge in [0.1, 0.15) is 0 Å². The van der Waals surface area contributed by atoms with Crippen LogP contribution in [0.3, 0.4) is 0 Å². The summed E-state index contributed by atoms with van der Waals surface area (Å²) in [7, 11) is 0. The van der Waals surface area contributed by atoms with Crippen molar-refractivity contribution in [1.29, 1.82) is 0 Å². The van der Waals surface area contributed by atoms with Crippen LogP contribution in [0.1, 0.15) is 0 Å². The van der Waals surface area contributed by atoms with Gasteiger partial charge in [0.25, 0.3) is 0 Å². The summed E-state index contributed by atoms with van der Waals surface area (Å²) in [5.41, 5.74) is 2.58. The smallest absolute Gasteiger partial charge is 0.0355 e. The molecule has 0 aliphatic rings. The topological polar surface area (TPSA) is 0 Å². The Kier molecular flexibility index (Phi) is 3.98. The molecular formula is C30H18S2. The van der Waals surface area contributed by atoms with Crippen LogP contribution in [0.25, 0.3) is 62.6 Å². The van der Waals surface area contributed by atoms with Crippen molar-refractivity contribution in [3.63, 3.8) is 0 Å². The summed E-state index contributed by atoms with van der Waals surface area (Å²) in [5, 5.41) is 7.80. The first-order valence-corrected chi connectivity index (χ1v) is 12.4. The van der Waals surface area contributed by atoms with E-state index in [1.54, 1.807) is 0 Å². The molecule has 0 radical (unpaired) electrons. The van der Waals surface area contributed by atoms with Crippen LogP contribution >= 0.6 is 22.7 Å². The molecule has 150 valence electrons. The average molecular weight is 443 g/mol. The Morgan fingerprint density at radius 2 is 0.812 bits per heavy atom. The molecule has 32 heavy (non-hydrogen) atoms. The minimum absolute atomic E-state index is 1.29. The van der Waals surface area contributed by atoms with E-state index in [0.717, 1.165) is 0 Å². The number of rotatable bonds is 2. The van der Waals surface area contributed by atoms with E-state index in [-0.39, 0.29) is 0 Å². The normalized spacial score (nSPS) is 11.8. The molecule has 0 aliphatic carbocycles. The van der Waals surface area contributed by atoms with Gasteiger partial charge in [0, 0.05) is 19.2 Å². The van der Waals surface area contributed by atoms with Crippen LogP contribution in [-0.2, 0) is 0 Å². The maximum Gasteiger partial charge on any atom is 0.0355 e. The van der Waals surface area contributed by atoms with Gasteiger partial charge in [-0.1, -0.05) is 60.7 Å². The van der Waals surface area contributed by atoms with E-state index in [9.17, 15) is 0 Å². The van der Waals surface area contributed by atoms with Gasteiger partial charge in [-0.2, -0.15) is 0 Å². The van der Waals surface area contributed by atoms with Gasteiger partial charge in [0.05, 0.1) is 0 Å². The number of hydrogen-bond donors (Lipinski definition) is 0. The summed E-state index contributed by atoms with van der Waals surface area (Å²) in [6, 6.07) is 40.2. The molecule has 0 amide bonds. The lowest BCUT2D eigenvalue weighted by Crippen LogP contribution is -1.80. The predicted octanol–water partition coefficient (Wildman–Crippen LogP) is 9.76. The van der Waals surface area contributed by atoms with E-state index in [1.165, 1.54) is 62.6 Å². The summed E-state index contributed by atoms with van der Waals surface area (Å²) < 4.78 is 2.68. The molecular weight excluding hydrogens is 424 g/mol. The molecule has 7 rings (SSSR count). The average Bonchev–Trinajstić information content (AvgIpc) is 3.46. The quantitative estimate of drug-likeness (QED) is 0.234. The monoisotopic (exact) mass is 442 g/mol. The zero-order valence-electron chi connectivity index (χ0n) is 17.2. The molecule has 0 N–H and O–H groups in total. The second-order valence-electron chi connectivity index (χ2n) is 8.27. The molecule has 0 saturated carbocycles. The highest BCUT2D eigenvalue weighted by Crippen LogP contribution is 2.37. The predicted molar refractivity (Wildman–Crippen MR) is 143 cm³/mol. The first-order chi connectivity index (χ1) is 15.8. The van der Waals surface area contributed by atoms with E-state index < -0.39 is 0 Å². The molecule has 2 heterocycles. The van der Waals surface area contributed by atoms with Gasteiger partial charge in [-0.3, -0.25) is 0 Å². The van der Waals surface area contributed by atoms with Gasteiger partial charge < -0.3 is 0 Å². The number of benzene rings is 5. The summed E-state index contributed by atoms with van der Waals surface area (Å²) in [6.45, 7) is 0. The molecule has 0 aliphatic heterocycles. The largest absolute Gasteiger partial charge is 0.135 e. The number of thiophene rings is 2. The first-order valence-electron chi connectivity index (χ1n) is 10.8. The van der Waals surface area contributed by atoms with Crippen LogP contribution < -0.4 is 0 Å². The van der Waals surface area contributed by atoms with Gasteiger partial charge >= 0.3 is 0 Å². The van der Waals surface area contributed by atoms with Crippen molar-refractivity contribution in [1.82, 2.24) is 0 Å². The van der Waals surface area contributed by atoms with E-state index in [2.05, 4.69) is 109 Å². The van der Waals surface area contributed by atoms with Crippen molar-refractivity contribution in [2.45, 2.75) is 0 Å². The van der Waals surface area contributed by atoms with Gasteiger partial charge in [-0.05, 0) is 92.0 Å². The second kappa shape index (κ2) is 7.03. The van der Waals surface area contributed by atoms with E-state index in [1.807, 2.05) is 22.7 Å². The SMILES string of the molecule is c1ccc2sc(-c3ccc4cc5cc(-c6cc7ccccc7s6)ccc5cc4c3)cc2c1. The molecule has 5 aromatic carbocycles. The fourth-order valence-electron chi connectivity index (χ4n) is 4.55. The molecule has 2 aromatic heterocycles. The molecule has 0 nitrogen and oxygen atoms in total. The van der Waals surface area contributed by atoms with Crippen molar-refractivity contribution in [2.24, 2.45) is 0 Å². The molecule has 0 saturated heterocycles. The van der Waals surface area contributed by atoms with E-state index >= 15 is 0 Å². The fraction of sp³-hybridized carbons (Fsp3) is 0. The molecule has 0 bridgehead atoms. The van der Waals surface area contributed by atoms with Crippen molar-refractivity contribution in [2.75, 3.05) is 0 Å². The molecule has 0 fully saturated rings. The molecule has 0 unspecified atom stereocenters. The number of hydrogen-bond acceptors (Lipinski definition) is 2. The van der Waals surface area contributed by atoms with Crippen LogP contribution in [-0.4, -0.2) is 0 Å². The van der Waals surface area contributed by atoms with Crippen LogP contribution in [0.4, 0.5) is 0 Å². The van der Waals surface area contributed by atoms with Crippen molar-refractivity contribution in [3.8, 4) is 20.9 Å². The Bertz CT molecular complexity index is 1580. The highest BCUT2D eigenvalue weighted by molar-refractivity contribution is 7.22. The fourth-order valence-corrected chi connectivity index (χ4v) is 6.67. The Morgan fingerprint density at radius 3 is 1.28 bits per heavy atom. The summed E-state index contributed by atoms with van der Waals surface area (Å²) >= 11 is 3.73. The maximum atomic E-state index is 2.33. The highest BCUT2D eigenvalue weighted by Gasteiger charge is 2.08. The first kappa shape index (κ1) is 18.1.